The molecular weight excluding hydrogens is 410 g/mol. The Kier molecular flexibility index (Phi) is 8.44. The molecule has 3 N–H and O–H groups in total. The Balaban J connectivity index is 0.000000293. The molecule has 31 heavy (non-hydrogen) atoms. The van der Waals surface area contributed by atoms with Crippen LogP contribution in [0.25, 0.3) is 22.4 Å². The van der Waals surface area contributed by atoms with Crippen molar-refractivity contribution in [2.45, 2.75) is 26.2 Å². The van der Waals surface area contributed by atoms with Crippen LogP contribution in [0.5, 0.6) is 0 Å². The third kappa shape index (κ3) is 6.52. The van der Waals surface area contributed by atoms with Crippen molar-refractivity contribution in [3.63, 3.8) is 0 Å². The average molecular weight is 444 g/mol. The summed E-state index contributed by atoms with van der Waals surface area (Å²) < 4.78 is 1.93. The summed E-state index contributed by atoms with van der Waals surface area (Å²) in [4.78, 5) is 25.3. The van der Waals surface area contributed by atoms with Crippen LogP contribution in [-0.2, 0) is 0 Å². The zero-order valence-corrected chi connectivity index (χ0v) is 19.5. The van der Waals surface area contributed by atoms with Crippen LogP contribution >= 0.6 is 12.8 Å². The number of fused-ring (bicyclic) bond motifs is 1. The van der Waals surface area contributed by atoms with E-state index < -0.39 is 0 Å². The fourth-order valence-electron chi connectivity index (χ4n) is 3.29. The van der Waals surface area contributed by atoms with E-state index >= 15 is 0 Å². The average Bonchev–Trinajstić information content (AvgIpc) is 3.22. The summed E-state index contributed by atoms with van der Waals surface area (Å²) in [5.74, 6) is 1.10. The smallest absolute Gasteiger partial charge is 0.227 e. The highest BCUT2D eigenvalue weighted by Gasteiger charge is 2.18. The number of nitrogen functional groups attached to an aromatic ring is 1. The summed E-state index contributed by atoms with van der Waals surface area (Å²) in [6, 6.07) is 1.88. The Hall–Kier alpha value is -2.43. The van der Waals surface area contributed by atoms with Gasteiger partial charge in [0.1, 0.15) is 11.3 Å². The molecule has 0 spiro atoms. The molecule has 3 aromatic heterocycles. The molecule has 0 saturated carbocycles. The summed E-state index contributed by atoms with van der Waals surface area (Å²) in [5.41, 5.74) is 9.08. The van der Waals surface area contributed by atoms with Crippen LogP contribution in [0.4, 0.5) is 11.8 Å². The van der Waals surface area contributed by atoms with E-state index in [4.69, 9.17) is 5.73 Å². The number of nitrogens with two attached hydrogens (primary N) is 1. The highest BCUT2D eigenvalue weighted by Crippen LogP contribution is 2.24. The van der Waals surface area contributed by atoms with E-state index in [9.17, 15) is 0 Å². The number of aromatic nitrogens is 5. The quantitative estimate of drug-likeness (QED) is 0.395. The first-order valence-electron chi connectivity index (χ1n) is 10.7. The van der Waals surface area contributed by atoms with Gasteiger partial charge in [0.2, 0.25) is 5.95 Å². The second-order valence-electron chi connectivity index (χ2n) is 7.81. The van der Waals surface area contributed by atoms with Gasteiger partial charge in [0, 0.05) is 45.1 Å². The van der Waals surface area contributed by atoms with Gasteiger partial charge < -0.3 is 20.5 Å². The lowest BCUT2D eigenvalue weighted by molar-refractivity contribution is 0.311. The molecule has 4 rings (SSSR count). The molecule has 9 nitrogen and oxygen atoms in total. The molecule has 0 atom stereocenters. The number of rotatable bonds is 6. The molecular formula is C21H33N9S. The van der Waals surface area contributed by atoms with E-state index in [1.54, 1.807) is 12.4 Å². The molecule has 168 valence electrons. The molecule has 0 aromatic carbocycles. The number of nitrogens with one attached hydrogen (secondary N) is 1. The lowest BCUT2D eigenvalue weighted by atomic mass is 10.2. The van der Waals surface area contributed by atoms with Gasteiger partial charge in [0.05, 0.1) is 17.5 Å². The number of likely N-dealkylation sites (N-methyl/N-ethyl adjacent to an activating group) is 1. The first kappa shape index (κ1) is 23.2. The standard InChI is InChI=1S/C15H18N8.C6H15NS/c1-22-4-6-23(7-5-22)15-19-8-10(13(16)21-15)12-9-18-14-11(20-12)2-3-17-14;1-3-4-5-6-7(2)8/h2-3,8-9H,4-7H2,1H3,(H,17,18)(H2,16,19,21);8H,3-6H2,1-2H3. The number of nitrogens with zero attached hydrogens (tertiary/aromatic N) is 7. The van der Waals surface area contributed by atoms with Gasteiger partial charge in [-0.2, -0.15) is 4.98 Å². The van der Waals surface area contributed by atoms with Crippen LogP contribution in [0.3, 0.4) is 0 Å². The molecule has 1 fully saturated rings. The zero-order valence-electron chi connectivity index (χ0n) is 18.6. The molecule has 0 unspecified atom stereocenters. The highest BCUT2D eigenvalue weighted by molar-refractivity contribution is 7.77. The maximum atomic E-state index is 6.14. The number of anilines is 2. The molecule has 0 amide bonds. The number of piperazine rings is 1. The van der Waals surface area contributed by atoms with Crippen LogP contribution in [0.15, 0.2) is 24.7 Å². The summed E-state index contributed by atoms with van der Waals surface area (Å²) in [6.07, 6.45) is 9.12. The van der Waals surface area contributed by atoms with Gasteiger partial charge in [-0.05, 0) is 26.6 Å². The fourth-order valence-corrected chi connectivity index (χ4v) is 3.43. The third-order valence-corrected chi connectivity index (χ3v) is 5.41. The lowest BCUT2D eigenvalue weighted by Gasteiger charge is -2.32. The van der Waals surface area contributed by atoms with Crippen molar-refractivity contribution in [2.75, 3.05) is 57.5 Å². The summed E-state index contributed by atoms with van der Waals surface area (Å²) in [6.45, 7) is 7.13. The zero-order chi connectivity index (χ0) is 22.2. The molecule has 0 radical (unpaired) electrons. The third-order valence-electron chi connectivity index (χ3n) is 5.21. The van der Waals surface area contributed by atoms with E-state index in [1.165, 1.54) is 19.3 Å². The molecule has 1 aliphatic heterocycles. The first-order valence-corrected chi connectivity index (χ1v) is 11.1. The van der Waals surface area contributed by atoms with E-state index in [0.29, 0.717) is 23.0 Å². The predicted octanol–water partition coefficient (Wildman–Crippen LogP) is 2.70. The van der Waals surface area contributed by atoms with Crippen molar-refractivity contribution in [3.8, 4) is 11.3 Å². The predicted molar refractivity (Wildman–Crippen MR) is 130 cm³/mol. The molecule has 3 aromatic rings. The van der Waals surface area contributed by atoms with Crippen molar-refractivity contribution in [2.24, 2.45) is 0 Å². The van der Waals surface area contributed by atoms with Crippen LogP contribution in [0, 0.1) is 0 Å². The van der Waals surface area contributed by atoms with Gasteiger partial charge in [0.15, 0.2) is 5.65 Å². The van der Waals surface area contributed by atoms with Crippen molar-refractivity contribution >= 4 is 35.7 Å². The Morgan fingerprint density at radius 1 is 1.13 bits per heavy atom. The lowest BCUT2D eigenvalue weighted by Crippen LogP contribution is -2.45. The molecule has 4 heterocycles. The van der Waals surface area contributed by atoms with E-state index in [-0.39, 0.29) is 0 Å². The van der Waals surface area contributed by atoms with E-state index in [2.05, 4.69) is 61.5 Å². The van der Waals surface area contributed by atoms with Gasteiger partial charge in [-0.25, -0.2) is 15.0 Å². The topological polar surface area (TPSA) is 103 Å². The van der Waals surface area contributed by atoms with Crippen LogP contribution in [0.1, 0.15) is 26.2 Å². The second kappa shape index (κ2) is 11.3. The largest absolute Gasteiger partial charge is 0.383 e. The van der Waals surface area contributed by atoms with Crippen molar-refractivity contribution in [3.05, 3.63) is 24.7 Å². The van der Waals surface area contributed by atoms with E-state index in [0.717, 1.165) is 43.9 Å². The molecule has 10 heteroatoms. The Morgan fingerprint density at radius 2 is 1.90 bits per heavy atom. The van der Waals surface area contributed by atoms with Gasteiger partial charge in [-0.3, -0.25) is 4.31 Å². The van der Waals surface area contributed by atoms with Gasteiger partial charge in [0.25, 0.3) is 0 Å². The maximum absolute atomic E-state index is 6.14. The number of aromatic amines is 1. The SMILES string of the molecule is CCCCCN(C)S.CN1CCN(c2ncc(-c3cnc4[nH]ccc4n3)c(N)n2)CC1. The minimum Gasteiger partial charge on any atom is -0.383 e. The van der Waals surface area contributed by atoms with Gasteiger partial charge >= 0.3 is 0 Å². The molecule has 0 bridgehead atoms. The monoisotopic (exact) mass is 443 g/mol. The Bertz CT molecular complexity index is 951. The number of hydrogen-bond acceptors (Lipinski definition) is 9. The van der Waals surface area contributed by atoms with Crippen molar-refractivity contribution in [1.29, 1.82) is 0 Å². The van der Waals surface area contributed by atoms with Crippen LogP contribution < -0.4 is 10.6 Å². The van der Waals surface area contributed by atoms with Crippen LogP contribution in [-0.4, -0.2) is 80.9 Å². The normalized spacial score (nSPS) is 14.7. The number of thiol groups is 1. The molecule has 1 aliphatic rings. The maximum Gasteiger partial charge on any atom is 0.227 e. The minimum atomic E-state index is 0.429. The first-order chi connectivity index (χ1) is 15.0. The number of H-pyrrole nitrogens is 1. The summed E-state index contributed by atoms with van der Waals surface area (Å²) in [5, 5.41) is 0. The summed E-state index contributed by atoms with van der Waals surface area (Å²) in [7, 11) is 4.10. The van der Waals surface area contributed by atoms with Crippen LogP contribution in [0.2, 0.25) is 0 Å². The number of hydrogen-bond donors (Lipinski definition) is 3. The molecule has 1 saturated heterocycles. The fraction of sp³-hybridized carbons (Fsp3) is 0.524. The highest BCUT2D eigenvalue weighted by atomic mass is 32.1. The van der Waals surface area contributed by atoms with Gasteiger partial charge in [-0.15, -0.1) is 0 Å². The van der Waals surface area contributed by atoms with E-state index in [1.807, 2.05) is 23.6 Å². The van der Waals surface area contributed by atoms with Crippen molar-refractivity contribution < 1.29 is 0 Å². The Labute approximate surface area is 189 Å². The molecule has 0 aliphatic carbocycles. The summed E-state index contributed by atoms with van der Waals surface area (Å²) >= 11 is 4.10. The second-order valence-corrected chi connectivity index (χ2v) is 8.50. The number of unbranched alkanes of at least 4 members (excludes halogenated alkanes) is 2. The van der Waals surface area contributed by atoms with Crippen molar-refractivity contribution in [1.82, 2.24) is 34.1 Å². The van der Waals surface area contributed by atoms with Gasteiger partial charge in [-0.1, -0.05) is 32.6 Å². The Morgan fingerprint density at radius 3 is 2.58 bits per heavy atom. The minimum absolute atomic E-state index is 0.429.